The number of hydrogen-bond donors (Lipinski definition) is 2. The van der Waals surface area contributed by atoms with Crippen LogP contribution in [0.3, 0.4) is 0 Å². The van der Waals surface area contributed by atoms with Crippen LogP contribution in [-0.4, -0.2) is 9.97 Å². The van der Waals surface area contributed by atoms with Gasteiger partial charge in [0.25, 0.3) is 0 Å². The van der Waals surface area contributed by atoms with Gasteiger partial charge < -0.3 is 10.7 Å². The molecular weight excluding hydrogens is 314 g/mol. The first-order chi connectivity index (χ1) is 9.56. The first kappa shape index (κ1) is 13.6. The molecule has 0 bridgehead atoms. The Bertz CT molecular complexity index is 761. The number of nitrogens with zero attached hydrogens (tertiary/aromatic N) is 1. The number of aromatic nitrogens is 2. The lowest BCUT2D eigenvalue weighted by Gasteiger charge is -2.14. The van der Waals surface area contributed by atoms with E-state index >= 15 is 0 Å². The Labute approximate surface area is 126 Å². The second-order valence-electron chi connectivity index (χ2n) is 5.67. The lowest BCUT2D eigenvalue weighted by Crippen LogP contribution is -2.14. The minimum absolute atomic E-state index is 0.0322. The summed E-state index contributed by atoms with van der Waals surface area (Å²) in [6.45, 7) is 4.37. The molecule has 3 rings (SSSR count). The lowest BCUT2D eigenvalue weighted by atomic mass is 10.0. The number of fused-ring (bicyclic) bond motifs is 3. The second kappa shape index (κ2) is 5.19. The van der Waals surface area contributed by atoms with Crippen LogP contribution in [0, 0.1) is 5.92 Å². The van der Waals surface area contributed by atoms with Crippen LogP contribution in [0.1, 0.15) is 32.0 Å². The minimum Gasteiger partial charge on any atom is -0.353 e. The summed E-state index contributed by atoms with van der Waals surface area (Å²) < 4.78 is 1.07. The molecule has 104 valence electrons. The van der Waals surface area contributed by atoms with Gasteiger partial charge in [-0.05, 0) is 30.5 Å². The van der Waals surface area contributed by atoms with Crippen molar-refractivity contribution in [1.29, 1.82) is 0 Å². The van der Waals surface area contributed by atoms with Crippen molar-refractivity contribution in [3.63, 3.8) is 0 Å². The van der Waals surface area contributed by atoms with Crippen molar-refractivity contribution in [3.05, 3.63) is 40.6 Å². The van der Waals surface area contributed by atoms with Crippen molar-refractivity contribution >= 4 is 37.7 Å². The SMILES string of the molecule is CC(C)C[C@H](N)c1nccc2c1[nH]c1cc(Br)ccc12. The average Bonchev–Trinajstić information content (AvgIpc) is 2.74. The van der Waals surface area contributed by atoms with Crippen LogP contribution in [0.4, 0.5) is 0 Å². The lowest BCUT2D eigenvalue weighted by molar-refractivity contribution is 0.504. The van der Waals surface area contributed by atoms with Crippen LogP contribution in [0.5, 0.6) is 0 Å². The van der Waals surface area contributed by atoms with Crippen LogP contribution >= 0.6 is 15.9 Å². The molecule has 0 aliphatic rings. The summed E-state index contributed by atoms with van der Waals surface area (Å²) in [5.41, 5.74) is 9.46. The Morgan fingerprint density at radius 2 is 2.05 bits per heavy atom. The van der Waals surface area contributed by atoms with E-state index in [0.29, 0.717) is 5.92 Å². The molecule has 0 radical (unpaired) electrons. The number of benzene rings is 1. The van der Waals surface area contributed by atoms with Crippen molar-refractivity contribution < 1.29 is 0 Å². The quantitative estimate of drug-likeness (QED) is 0.741. The summed E-state index contributed by atoms with van der Waals surface area (Å²) in [5.74, 6) is 0.556. The smallest absolute Gasteiger partial charge is 0.0811 e. The van der Waals surface area contributed by atoms with Crippen LogP contribution in [-0.2, 0) is 0 Å². The van der Waals surface area contributed by atoms with E-state index in [4.69, 9.17) is 5.73 Å². The van der Waals surface area contributed by atoms with Crippen molar-refractivity contribution in [2.45, 2.75) is 26.3 Å². The molecule has 1 atom stereocenters. The van der Waals surface area contributed by atoms with E-state index in [1.807, 2.05) is 12.3 Å². The third-order valence-electron chi connectivity index (χ3n) is 3.59. The zero-order valence-electron chi connectivity index (χ0n) is 11.7. The highest BCUT2D eigenvalue weighted by Crippen LogP contribution is 2.31. The zero-order chi connectivity index (χ0) is 14.3. The summed E-state index contributed by atoms with van der Waals surface area (Å²) in [4.78, 5) is 7.98. The molecule has 2 aromatic heterocycles. The van der Waals surface area contributed by atoms with Gasteiger partial charge in [-0.15, -0.1) is 0 Å². The molecule has 3 aromatic rings. The molecule has 20 heavy (non-hydrogen) atoms. The van der Waals surface area contributed by atoms with E-state index in [0.717, 1.165) is 27.6 Å². The van der Waals surface area contributed by atoms with Gasteiger partial charge in [0.05, 0.1) is 11.2 Å². The number of pyridine rings is 1. The van der Waals surface area contributed by atoms with Gasteiger partial charge in [-0.3, -0.25) is 4.98 Å². The number of aromatic amines is 1. The molecule has 4 heteroatoms. The fraction of sp³-hybridized carbons (Fsp3) is 0.312. The highest BCUT2D eigenvalue weighted by Gasteiger charge is 2.16. The Hall–Kier alpha value is -1.39. The Kier molecular flexibility index (Phi) is 3.52. The summed E-state index contributed by atoms with van der Waals surface area (Å²) in [7, 11) is 0. The van der Waals surface area contributed by atoms with E-state index in [2.05, 4.69) is 57.9 Å². The van der Waals surface area contributed by atoms with Crippen molar-refractivity contribution in [1.82, 2.24) is 9.97 Å². The van der Waals surface area contributed by atoms with Gasteiger partial charge in [0.15, 0.2) is 0 Å². The molecule has 3 nitrogen and oxygen atoms in total. The molecule has 0 unspecified atom stereocenters. The summed E-state index contributed by atoms with van der Waals surface area (Å²) in [6.07, 6.45) is 2.79. The minimum atomic E-state index is -0.0322. The van der Waals surface area contributed by atoms with E-state index < -0.39 is 0 Å². The first-order valence-electron chi connectivity index (χ1n) is 6.87. The third-order valence-corrected chi connectivity index (χ3v) is 4.08. The zero-order valence-corrected chi connectivity index (χ0v) is 13.2. The monoisotopic (exact) mass is 331 g/mol. The van der Waals surface area contributed by atoms with Crippen LogP contribution in [0.15, 0.2) is 34.9 Å². The van der Waals surface area contributed by atoms with Gasteiger partial charge in [-0.2, -0.15) is 0 Å². The summed E-state index contributed by atoms with van der Waals surface area (Å²) >= 11 is 3.51. The van der Waals surface area contributed by atoms with Crippen molar-refractivity contribution in [3.8, 4) is 0 Å². The van der Waals surface area contributed by atoms with E-state index in [1.165, 1.54) is 10.8 Å². The average molecular weight is 332 g/mol. The molecule has 1 aromatic carbocycles. The predicted octanol–water partition coefficient (Wildman–Crippen LogP) is 4.52. The molecule has 3 N–H and O–H groups in total. The highest BCUT2D eigenvalue weighted by atomic mass is 79.9. The van der Waals surface area contributed by atoms with E-state index in [1.54, 1.807) is 0 Å². The molecular formula is C16H18BrN3. The maximum atomic E-state index is 6.32. The second-order valence-corrected chi connectivity index (χ2v) is 6.59. The normalized spacial score (nSPS) is 13.4. The molecule has 0 saturated heterocycles. The maximum Gasteiger partial charge on any atom is 0.0811 e. The van der Waals surface area contributed by atoms with Gasteiger partial charge in [0.1, 0.15) is 0 Å². The largest absolute Gasteiger partial charge is 0.353 e. The standard InChI is InChI=1S/C16H18BrN3/c1-9(2)7-13(18)16-15-12(5-6-19-16)11-4-3-10(17)8-14(11)20-15/h3-6,8-9,13,20H,7,18H2,1-2H3/t13-/m0/s1. The molecule has 0 fully saturated rings. The first-order valence-corrected chi connectivity index (χ1v) is 7.67. The molecule has 0 saturated carbocycles. The van der Waals surface area contributed by atoms with Gasteiger partial charge in [-0.25, -0.2) is 0 Å². The van der Waals surface area contributed by atoms with Crippen LogP contribution in [0.2, 0.25) is 0 Å². The van der Waals surface area contributed by atoms with E-state index in [-0.39, 0.29) is 6.04 Å². The fourth-order valence-corrected chi connectivity index (χ4v) is 3.08. The predicted molar refractivity (Wildman–Crippen MR) is 87.7 cm³/mol. The molecule has 0 aliphatic heterocycles. The number of nitrogens with one attached hydrogen (secondary N) is 1. The third kappa shape index (κ3) is 2.34. The molecule has 0 amide bonds. The number of hydrogen-bond acceptors (Lipinski definition) is 2. The van der Waals surface area contributed by atoms with Gasteiger partial charge in [0, 0.05) is 33.0 Å². The Morgan fingerprint density at radius 3 is 2.80 bits per heavy atom. The molecule has 2 heterocycles. The number of rotatable bonds is 3. The number of nitrogens with two attached hydrogens (primary N) is 1. The maximum absolute atomic E-state index is 6.32. The van der Waals surface area contributed by atoms with Crippen LogP contribution in [0.25, 0.3) is 21.8 Å². The molecule has 0 aliphatic carbocycles. The van der Waals surface area contributed by atoms with Crippen molar-refractivity contribution in [2.75, 3.05) is 0 Å². The van der Waals surface area contributed by atoms with Gasteiger partial charge >= 0.3 is 0 Å². The number of halogens is 1. The topological polar surface area (TPSA) is 54.7 Å². The highest BCUT2D eigenvalue weighted by molar-refractivity contribution is 9.10. The molecule has 0 spiro atoms. The van der Waals surface area contributed by atoms with Crippen molar-refractivity contribution in [2.24, 2.45) is 11.7 Å². The summed E-state index contributed by atoms with van der Waals surface area (Å²) in [5, 5.41) is 2.40. The van der Waals surface area contributed by atoms with Gasteiger partial charge in [0.2, 0.25) is 0 Å². The number of H-pyrrole nitrogens is 1. The fourth-order valence-electron chi connectivity index (χ4n) is 2.72. The van der Waals surface area contributed by atoms with Gasteiger partial charge in [-0.1, -0.05) is 35.8 Å². The van der Waals surface area contributed by atoms with E-state index in [9.17, 15) is 0 Å². The summed E-state index contributed by atoms with van der Waals surface area (Å²) in [6, 6.07) is 8.29. The Morgan fingerprint density at radius 1 is 1.25 bits per heavy atom. The Balaban J connectivity index is 2.21. The van der Waals surface area contributed by atoms with Crippen LogP contribution < -0.4 is 5.73 Å².